The van der Waals surface area contributed by atoms with E-state index in [2.05, 4.69) is 15.0 Å². The number of hydrogen-bond acceptors (Lipinski definition) is 4. The van der Waals surface area contributed by atoms with E-state index in [-0.39, 0.29) is 5.97 Å². The molecule has 0 unspecified atom stereocenters. The molecule has 0 amide bonds. The molecule has 0 atom stereocenters. The van der Waals surface area contributed by atoms with Crippen LogP contribution in [0.2, 0.25) is 0 Å². The first-order chi connectivity index (χ1) is 7.33. The molecule has 0 aliphatic heterocycles. The van der Waals surface area contributed by atoms with Crippen molar-refractivity contribution in [3.63, 3.8) is 0 Å². The minimum Gasteiger partial charge on any atom is -0.469 e. The Balaban J connectivity index is 2.20. The van der Waals surface area contributed by atoms with Gasteiger partial charge in [-0.25, -0.2) is 0 Å². The molecule has 0 saturated carbocycles. The summed E-state index contributed by atoms with van der Waals surface area (Å²) in [6.07, 6.45) is 1.06. The molecule has 0 bridgehead atoms. The predicted molar refractivity (Wildman–Crippen MR) is 57.1 cm³/mol. The number of hydrogen-bond donors (Lipinski definition) is 0. The van der Waals surface area contributed by atoms with Crippen LogP contribution in [0, 0.1) is 0 Å². The molecule has 0 aliphatic carbocycles. The fraction of sp³-hybridized carbons (Fsp3) is 0.364. The van der Waals surface area contributed by atoms with E-state index in [0.717, 1.165) is 5.69 Å². The minimum absolute atomic E-state index is 0.204. The van der Waals surface area contributed by atoms with Gasteiger partial charge in [0.05, 0.1) is 19.3 Å². The Bertz CT molecular complexity index is 323. The summed E-state index contributed by atoms with van der Waals surface area (Å²) in [6.45, 7) is 0.546. The van der Waals surface area contributed by atoms with Gasteiger partial charge in [0.25, 0.3) is 0 Å². The van der Waals surface area contributed by atoms with Crippen LogP contribution >= 0.6 is 0 Å². The van der Waals surface area contributed by atoms with Crippen LogP contribution in [0.4, 0.5) is 5.69 Å². The Morgan fingerprint density at radius 3 is 2.73 bits per heavy atom. The second kappa shape index (κ2) is 6.70. The fourth-order valence-electron chi connectivity index (χ4n) is 1.02. The molecule has 0 aromatic heterocycles. The first kappa shape index (κ1) is 11.4. The Hall–Kier alpha value is -1.71. The van der Waals surface area contributed by atoms with Crippen LogP contribution < -0.4 is 0 Å². The topological polar surface area (TPSA) is 51.0 Å². The highest BCUT2D eigenvalue weighted by atomic mass is 16.5. The molecule has 0 fully saturated rings. The smallest absolute Gasteiger partial charge is 0.305 e. The summed E-state index contributed by atoms with van der Waals surface area (Å²) >= 11 is 0. The van der Waals surface area contributed by atoms with Crippen molar-refractivity contribution in [3.05, 3.63) is 30.3 Å². The number of azo groups is 1. The van der Waals surface area contributed by atoms with E-state index >= 15 is 0 Å². The lowest BCUT2D eigenvalue weighted by Crippen LogP contribution is -1.99. The van der Waals surface area contributed by atoms with Crippen molar-refractivity contribution in [3.8, 4) is 0 Å². The van der Waals surface area contributed by atoms with Crippen molar-refractivity contribution in [1.82, 2.24) is 0 Å². The Kier molecular flexibility index (Phi) is 5.08. The number of carbonyl (C=O) groups excluding carboxylic acids is 1. The van der Waals surface area contributed by atoms with Crippen molar-refractivity contribution in [1.29, 1.82) is 0 Å². The molecule has 0 saturated heterocycles. The summed E-state index contributed by atoms with van der Waals surface area (Å²) in [5.41, 5.74) is 0.829. The lowest BCUT2D eigenvalue weighted by Gasteiger charge is -1.95. The van der Waals surface area contributed by atoms with Crippen LogP contribution in [0.5, 0.6) is 0 Å². The molecule has 0 N–H and O–H groups in total. The molecule has 1 aromatic carbocycles. The van der Waals surface area contributed by atoms with Gasteiger partial charge in [-0.3, -0.25) is 4.79 Å². The highest BCUT2D eigenvalue weighted by Gasteiger charge is 1.97. The molecule has 1 rings (SSSR count). The Morgan fingerprint density at radius 2 is 2.07 bits per heavy atom. The number of benzene rings is 1. The maximum absolute atomic E-state index is 10.8. The van der Waals surface area contributed by atoms with Crippen LogP contribution in [0.1, 0.15) is 12.8 Å². The molecular formula is C11H14N2O2. The summed E-state index contributed by atoms with van der Waals surface area (Å²) in [4.78, 5) is 10.8. The minimum atomic E-state index is -0.204. The van der Waals surface area contributed by atoms with Crippen LogP contribution in [-0.4, -0.2) is 19.6 Å². The maximum Gasteiger partial charge on any atom is 0.305 e. The third-order valence-electron chi connectivity index (χ3n) is 1.81. The van der Waals surface area contributed by atoms with Gasteiger partial charge in [-0.05, 0) is 18.6 Å². The van der Waals surface area contributed by atoms with Crippen LogP contribution in [0.15, 0.2) is 40.6 Å². The molecule has 0 radical (unpaired) electrons. The molecule has 80 valence electrons. The van der Waals surface area contributed by atoms with Crippen LogP contribution in [0.25, 0.3) is 0 Å². The third-order valence-corrected chi connectivity index (χ3v) is 1.81. The Labute approximate surface area is 89.0 Å². The molecule has 0 spiro atoms. The highest BCUT2D eigenvalue weighted by Crippen LogP contribution is 2.10. The zero-order valence-electron chi connectivity index (χ0n) is 8.72. The van der Waals surface area contributed by atoms with Crippen LogP contribution in [0.3, 0.4) is 0 Å². The standard InChI is InChI=1S/C11H14N2O2/c1-15-11(14)8-5-9-12-13-10-6-3-2-4-7-10/h2-4,6-7H,5,8-9H2,1H3. The third kappa shape index (κ3) is 4.90. The van der Waals surface area contributed by atoms with Gasteiger partial charge in [0, 0.05) is 6.42 Å². The summed E-state index contributed by atoms with van der Waals surface area (Å²) in [5.74, 6) is -0.204. The highest BCUT2D eigenvalue weighted by molar-refractivity contribution is 5.69. The number of esters is 1. The largest absolute Gasteiger partial charge is 0.469 e. The average Bonchev–Trinajstić information content (AvgIpc) is 2.29. The summed E-state index contributed by atoms with van der Waals surface area (Å²) < 4.78 is 4.50. The quantitative estimate of drug-likeness (QED) is 0.422. The first-order valence-electron chi connectivity index (χ1n) is 4.82. The van der Waals surface area contributed by atoms with Crippen molar-refractivity contribution < 1.29 is 9.53 Å². The van der Waals surface area contributed by atoms with Crippen molar-refractivity contribution in [2.75, 3.05) is 13.7 Å². The zero-order chi connectivity index (χ0) is 10.9. The average molecular weight is 206 g/mol. The summed E-state index contributed by atoms with van der Waals surface area (Å²) in [6, 6.07) is 9.50. The van der Waals surface area contributed by atoms with E-state index in [9.17, 15) is 4.79 Å². The molecule has 0 heterocycles. The molecule has 15 heavy (non-hydrogen) atoms. The molecule has 4 heteroatoms. The number of carbonyl (C=O) groups is 1. The van der Waals surface area contributed by atoms with Crippen molar-refractivity contribution in [2.24, 2.45) is 10.2 Å². The van der Waals surface area contributed by atoms with E-state index in [4.69, 9.17) is 0 Å². The fourth-order valence-corrected chi connectivity index (χ4v) is 1.02. The molecular weight excluding hydrogens is 192 g/mol. The van der Waals surface area contributed by atoms with Gasteiger partial charge >= 0.3 is 5.97 Å². The van der Waals surface area contributed by atoms with E-state index in [0.29, 0.717) is 19.4 Å². The number of nitrogens with zero attached hydrogens (tertiary/aromatic N) is 2. The van der Waals surface area contributed by atoms with E-state index in [1.807, 2.05) is 30.3 Å². The van der Waals surface area contributed by atoms with Gasteiger partial charge in [-0.1, -0.05) is 18.2 Å². The second-order valence-corrected chi connectivity index (χ2v) is 2.98. The first-order valence-corrected chi connectivity index (χ1v) is 4.82. The number of rotatable bonds is 5. The number of methoxy groups -OCH3 is 1. The lowest BCUT2D eigenvalue weighted by atomic mass is 10.3. The maximum atomic E-state index is 10.8. The zero-order valence-corrected chi connectivity index (χ0v) is 8.72. The molecule has 0 aliphatic rings. The number of ether oxygens (including phenoxy) is 1. The molecule has 4 nitrogen and oxygen atoms in total. The van der Waals surface area contributed by atoms with E-state index < -0.39 is 0 Å². The van der Waals surface area contributed by atoms with E-state index in [1.54, 1.807) is 0 Å². The Morgan fingerprint density at radius 1 is 1.33 bits per heavy atom. The van der Waals surface area contributed by atoms with Crippen molar-refractivity contribution in [2.45, 2.75) is 12.8 Å². The normalized spacial score (nSPS) is 10.5. The van der Waals surface area contributed by atoms with Gasteiger partial charge < -0.3 is 4.74 Å². The van der Waals surface area contributed by atoms with Gasteiger partial charge in [0.15, 0.2) is 0 Å². The van der Waals surface area contributed by atoms with Crippen LogP contribution in [-0.2, 0) is 9.53 Å². The van der Waals surface area contributed by atoms with Gasteiger partial charge in [-0.15, -0.1) is 0 Å². The second-order valence-electron chi connectivity index (χ2n) is 2.98. The van der Waals surface area contributed by atoms with Gasteiger partial charge in [-0.2, -0.15) is 10.2 Å². The van der Waals surface area contributed by atoms with Gasteiger partial charge in [0.2, 0.25) is 0 Å². The monoisotopic (exact) mass is 206 g/mol. The summed E-state index contributed by atoms with van der Waals surface area (Å²) in [5, 5.41) is 7.97. The SMILES string of the molecule is COC(=O)CCCN=Nc1ccccc1. The van der Waals surface area contributed by atoms with E-state index in [1.165, 1.54) is 7.11 Å². The van der Waals surface area contributed by atoms with Crippen molar-refractivity contribution >= 4 is 11.7 Å². The lowest BCUT2D eigenvalue weighted by molar-refractivity contribution is -0.140. The summed E-state index contributed by atoms with van der Waals surface area (Å²) in [7, 11) is 1.38. The molecule has 1 aromatic rings. The van der Waals surface area contributed by atoms with Gasteiger partial charge in [0.1, 0.15) is 0 Å². The predicted octanol–water partition coefficient (Wildman–Crippen LogP) is 2.72.